The van der Waals surface area contributed by atoms with Gasteiger partial charge in [0.05, 0.1) is 4.92 Å². The van der Waals surface area contributed by atoms with E-state index in [0.717, 1.165) is 18.3 Å². The molecule has 1 aliphatic carbocycles. The predicted molar refractivity (Wildman–Crippen MR) is 75.2 cm³/mol. The van der Waals surface area contributed by atoms with Gasteiger partial charge in [-0.3, -0.25) is 10.1 Å². The summed E-state index contributed by atoms with van der Waals surface area (Å²) in [5, 5.41) is 14.0. The van der Waals surface area contributed by atoms with Crippen LogP contribution in [0, 0.1) is 28.9 Å². The van der Waals surface area contributed by atoms with Gasteiger partial charge in [-0.15, -0.1) is 0 Å². The molecular weight excluding hydrogens is 242 g/mol. The standard InChI is InChI=1S/C14H21N3O2/c1-10-3-5-12(6-4-10)9-15-14-8-7-13(17(18)19)11(2)16-14/h7-8,10,12H,3-6,9H2,1-2H3,(H,15,16). The van der Waals surface area contributed by atoms with E-state index in [9.17, 15) is 10.1 Å². The molecular formula is C14H21N3O2. The maximum absolute atomic E-state index is 10.7. The Hall–Kier alpha value is -1.65. The Labute approximate surface area is 113 Å². The van der Waals surface area contributed by atoms with E-state index in [0.29, 0.717) is 11.6 Å². The number of anilines is 1. The molecule has 1 aromatic rings. The molecule has 1 aliphatic rings. The second-order valence-corrected chi connectivity index (χ2v) is 5.56. The van der Waals surface area contributed by atoms with Gasteiger partial charge >= 0.3 is 0 Å². The first-order valence-electron chi connectivity index (χ1n) is 6.92. The molecule has 0 saturated heterocycles. The lowest BCUT2D eigenvalue weighted by molar-refractivity contribution is -0.385. The lowest BCUT2D eigenvalue weighted by atomic mass is 9.83. The fourth-order valence-corrected chi connectivity index (χ4v) is 2.63. The van der Waals surface area contributed by atoms with Crippen LogP contribution in [0.5, 0.6) is 0 Å². The Bertz CT molecular complexity index is 454. The van der Waals surface area contributed by atoms with E-state index in [1.807, 2.05) is 0 Å². The highest BCUT2D eigenvalue weighted by atomic mass is 16.6. The molecule has 1 fully saturated rings. The molecule has 0 aromatic carbocycles. The van der Waals surface area contributed by atoms with Gasteiger partial charge in [0, 0.05) is 12.6 Å². The van der Waals surface area contributed by atoms with Crippen LogP contribution in [-0.2, 0) is 0 Å². The van der Waals surface area contributed by atoms with Gasteiger partial charge in [-0.25, -0.2) is 4.98 Å². The highest BCUT2D eigenvalue weighted by Gasteiger charge is 2.18. The van der Waals surface area contributed by atoms with Crippen LogP contribution >= 0.6 is 0 Å². The van der Waals surface area contributed by atoms with Gasteiger partial charge in [0.2, 0.25) is 0 Å². The number of nitro groups is 1. The zero-order valence-electron chi connectivity index (χ0n) is 11.6. The summed E-state index contributed by atoms with van der Waals surface area (Å²) >= 11 is 0. The summed E-state index contributed by atoms with van der Waals surface area (Å²) in [6.07, 6.45) is 5.14. The van der Waals surface area contributed by atoms with Crippen LogP contribution in [0.4, 0.5) is 11.5 Å². The molecule has 0 unspecified atom stereocenters. The zero-order valence-corrected chi connectivity index (χ0v) is 11.6. The zero-order chi connectivity index (χ0) is 13.8. The summed E-state index contributed by atoms with van der Waals surface area (Å²) in [4.78, 5) is 14.6. The van der Waals surface area contributed by atoms with Crippen molar-refractivity contribution >= 4 is 11.5 Å². The minimum atomic E-state index is -0.394. The monoisotopic (exact) mass is 263 g/mol. The Balaban J connectivity index is 1.89. The third-order valence-electron chi connectivity index (χ3n) is 3.96. The van der Waals surface area contributed by atoms with E-state index in [1.165, 1.54) is 31.7 Å². The third-order valence-corrected chi connectivity index (χ3v) is 3.96. The highest BCUT2D eigenvalue weighted by Crippen LogP contribution is 2.28. The SMILES string of the molecule is Cc1nc(NCC2CCC(C)CC2)ccc1[N+](=O)[O-]. The van der Waals surface area contributed by atoms with Crippen molar-refractivity contribution in [3.63, 3.8) is 0 Å². The molecule has 0 atom stereocenters. The van der Waals surface area contributed by atoms with E-state index in [4.69, 9.17) is 0 Å². The minimum absolute atomic E-state index is 0.0806. The van der Waals surface area contributed by atoms with E-state index < -0.39 is 4.92 Å². The maximum atomic E-state index is 10.7. The normalized spacial score (nSPS) is 23.1. The molecule has 19 heavy (non-hydrogen) atoms. The first-order chi connectivity index (χ1) is 9.06. The first kappa shape index (κ1) is 13.8. The topological polar surface area (TPSA) is 68.1 Å². The quantitative estimate of drug-likeness (QED) is 0.666. The fourth-order valence-electron chi connectivity index (χ4n) is 2.63. The molecule has 104 valence electrons. The second kappa shape index (κ2) is 5.99. The molecule has 0 amide bonds. The Morgan fingerprint density at radius 3 is 2.63 bits per heavy atom. The maximum Gasteiger partial charge on any atom is 0.290 e. The smallest absolute Gasteiger partial charge is 0.290 e. The van der Waals surface area contributed by atoms with Crippen molar-refractivity contribution in [3.8, 4) is 0 Å². The number of hydrogen-bond acceptors (Lipinski definition) is 4. The van der Waals surface area contributed by atoms with E-state index in [-0.39, 0.29) is 5.69 Å². The molecule has 0 radical (unpaired) electrons. The largest absolute Gasteiger partial charge is 0.370 e. The van der Waals surface area contributed by atoms with Crippen LogP contribution in [0.3, 0.4) is 0 Å². The highest BCUT2D eigenvalue weighted by molar-refractivity contribution is 5.44. The molecule has 2 rings (SSSR count). The summed E-state index contributed by atoms with van der Waals surface area (Å²) in [6, 6.07) is 3.21. The van der Waals surface area contributed by atoms with E-state index in [1.54, 1.807) is 13.0 Å². The number of aryl methyl sites for hydroxylation is 1. The average molecular weight is 263 g/mol. The minimum Gasteiger partial charge on any atom is -0.370 e. The summed E-state index contributed by atoms with van der Waals surface area (Å²) in [7, 11) is 0. The van der Waals surface area contributed by atoms with Crippen molar-refractivity contribution in [1.29, 1.82) is 0 Å². The van der Waals surface area contributed by atoms with Gasteiger partial charge in [-0.05, 0) is 37.7 Å². The van der Waals surface area contributed by atoms with Crippen molar-refractivity contribution in [2.75, 3.05) is 11.9 Å². The second-order valence-electron chi connectivity index (χ2n) is 5.56. The van der Waals surface area contributed by atoms with Gasteiger partial charge in [0.1, 0.15) is 11.5 Å². The van der Waals surface area contributed by atoms with Crippen LogP contribution in [0.25, 0.3) is 0 Å². The van der Waals surface area contributed by atoms with Gasteiger partial charge < -0.3 is 5.32 Å². The van der Waals surface area contributed by atoms with Crippen LogP contribution in [0.2, 0.25) is 0 Å². The summed E-state index contributed by atoms with van der Waals surface area (Å²) in [6.45, 7) is 4.90. The lowest BCUT2D eigenvalue weighted by Crippen LogP contribution is -2.20. The van der Waals surface area contributed by atoms with Crippen LogP contribution in [-0.4, -0.2) is 16.5 Å². The van der Waals surface area contributed by atoms with Crippen molar-refractivity contribution < 1.29 is 4.92 Å². The van der Waals surface area contributed by atoms with Gasteiger partial charge in [0.15, 0.2) is 0 Å². The van der Waals surface area contributed by atoms with Crippen LogP contribution in [0.1, 0.15) is 38.3 Å². The summed E-state index contributed by atoms with van der Waals surface area (Å²) in [5.41, 5.74) is 0.546. The molecule has 5 heteroatoms. The molecule has 1 aromatic heterocycles. The first-order valence-corrected chi connectivity index (χ1v) is 6.92. The lowest BCUT2D eigenvalue weighted by Gasteiger charge is -2.26. The van der Waals surface area contributed by atoms with Gasteiger partial charge in [-0.2, -0.15) is 0 Å². The molecule has 1 N–H and O–H groups in total. The van der Waals surface area contributed by atoms with Crippen molar-refractivity contribution in [3.05, 3.63) is 27.9 Å². The van der Waals surface area contributed by atoms with Gasteiger partial charge in [-0.1, -0.05) is 19.8 Å². The van der Waals surface area contributed by atoms with Crippen LogP contribution in [0.15, 0.2) is 12.1 Å². The van der Waals surface area contributed by atoms with Crippen LogP contribution < -0.4 is 5.32 Å². The molecule has 5 nitrogen and oxygen atoms in total. The Morgan fingerprint density at radius 1 is 1.37 bits per heavy atom. The predicted octanol–water partition coefficient (Wildman–Crippen LogP) is 3.54. The number of rotatable bonds is 4. The third kappa shape index (κ3) is 3.66. The average Bonchev–Trinajstić information content (AvgIpc) is 2.37. The fraction of sp³-hybridized carbons (Fsp3) is 0.643. The van der Waals surface area contributed by atoms with E-state index in [2.05, 4.69) is 17.2 Å². The number of aromatic nitrogens is 1. The molecule has 0 bridgehead atoms. The van der Waals surface area contributed by atoms with E-state index >= 15 is 0 Å². The summed E-state index contributed by atoms with van der Waals surface area (Å²) in [5.74, 6) is 2.30. The molecule has 1 saturated carbocycles. The molecule has 0 aliphatic heterocycles. The molecule has 0 spiro atoms. The number of nitrogens with zero attached hydrogens (tertiary/aromatic N) is 2. The van der Waals surface area contributed by atoms with Gasteiger partial charge in [0.25, 0.3) is 5.69 Å². The Morgan fingerprint density at radius 2 is 2.05 bits per heavy atom. The number of pyridine rings is 1. The summed E-state index contributed by atoms with van der Waals surface area (Å²) < 4.78 is 0. The molecule has 1 heterocycles. The van der Waals surface area contributed by atoms with Crippen molar-refractivity contribution in [2.45, 2.75) is 39.5 Å². The van der Waals surface area contributed by atoms with Crippen molar-refractivity contribution in [1.82, 2.24) is 4.98 Å². The Kier molecular flexibility index (Phi) is 4.35. The van der Waals surface area contributed by atoms with Crippen molar-refractivity contribution in [2.24, 2.45) is 11.8 Å². The number of hydrogen-bond donors (Lipinski definition) is 1. The number of nitrogens with one attached hydrogen (secondary N) is 1.